The van der Waals surface area contributed by atoms with Gasteiger partial charge < -0.3 is 24.4 Å². The molecule has 2 aromatic heterocycles. The van der Waals surface area contributed by atoms with Gasteiger partial charge in [0.15, 0.2) is 0 Å². The minimum Gasteiger partial charge on any atom is -0.496 e. The summed E-state index contributed by atoms with van der Waals surface area (Å²) in [5.74, 6) is -0.890. The van der Waals surface area contributed by atoms with Crippen molar-refractivity contribution in [3.05, 3.63) is 47.7 Å². The molecule has 2 aliphatic carbocycles. The Morgan fingerprint density at radius 1 is 1.12 bits per heavy atom. The van der Waals surface area contributed by atoms with Crippen LogP contribution in [0.15, 0.2) is 36.4 Å². The number of sulfonamides is 1. The van der Waals surface area contributed by atoms with Crippen LogP contribution in [0.25, 0.3) is 22.3 Å². The van der Waals surface area contributed by atoms with Gasteiger partial charge in [0.25, 0.3) is 11.8 Å². The van der Waals surface area contributed by atoms with Gasteiger partial charge in [-0.15, -0.1) is 0 Å². The summed E-state index contributed by atoms with van der Waals surface area (Å²) in [5, 5.41) is 7.67. The summed E-state index contributed by atoms with van der Waals surface area (Å²) < 4.78 is 47.8. The maximum atomic E-state index is 14.3. The lowest BCUT2D eigenvalue weighted by atomic mass is 10.1. The number of aromatic nitrogens is 3. The van der Waals surface area contributed by atoms with Crippen molar-refractivity contribution in [2.45, 2.75) is 94.8 Å². The molecule has 0 unspecified atom stereocenters. The van der Waals surface area contributed by atoms with Crippen molar-refractivity contribution in [3.63, 3.8) is 0 Å². The van der Waals surface area contributed by atoms with Gasteiger partial charge in [-0.25, -0.2) is 13.4 Å². The monoisotopic (exact) mass is 734 g/mol. The number of aryl methyl sites for hydroxylation is 3. The van der Waals surface area contributed by atoms with E-state index in [0.29, 0.717) is 47.9 Å². The molecule has 0 spiro atoms. The van der Waals surface area contributed by atoms with E-state index in [1.165, 1.54) is 4.90 Å². The van der Waals surface area contributed by atoms with E-state index in [1.807, 2.05) is 57.3 Å². The Hall–Kier alpha value is -4.50. The van der Waals surface area contributed by atoms with E-state index >= 15 is 0 Å². The molecule has 0 radical (unpaired) electrons. The number of rotatable bonds is 7. The number of fused-ring (bicyclic) bond motifs is 3. The maximum Gasteiger partial charge on any atom is 0.259 e. The molecule has 2 aliphatic heterocycles. The Bertz CT molecular complexity index is 2040. The van der Waals surface area contributed by atoms with Gasteiger partial charge in [0.05, 0.1) is 30.1 Å². The van der Waals surface area contributed by atoms with E-state index in [0.717, 1.165) is 35.9 Å². The molecule has 2 N–H and O–H groups in total. The number of allylic oxidation sites excluding steroid dienone is 1. The quantitative estimate of drug-likeness (QED) is 0.344. The first-order chi connectivity index (χ1) is 24.8. The number of pyridine rings is 1. The summed E-state index contributed by atoms with van der Waals surface area (Å²) in [6, 6.07) is 6.47. The molecule has 4 heterocycles. The molecule has 5 atom stereocenters. The summed E-state index contributed by atoms with van der Waals surface area (Å²) in [6.45, 7) is 6.01. The molecule has 3 aromatic rings. The Morgan fingerprint density at radius 3 is 2.62 bits per heavy atom. The summed E-state index contributed by atoms with van der Waals surface area (Å²) in [4.78, 5) is 48.3. The predicted octanol–water partition coefficient (Wildman–Crippen LogP) is 3.24. The fourth-order valence-electron chi connectivity index (χ4n) is 7.23. The summed E-state index contributed by atoms with van der Waals surface area (Å²) in [6.07, 6.45) is 6.01. The van der Waals surface area contributed by atoms with Crippen LogP contribution in [0.2, 0.25) is 0 Å². The van der Waals surface area contributed by atoms with Crippen molar-refractivity contribution in [2.24, 2.45) is 13.0 Å². The number of carbonyl (C=O) groups is 3. The van der Waals surface area contributed by atoms with Gasteiger partial charge >= 0.3 is 0 Å². The largest absolute Gasteiger partial charge is 0.496 e. The second-order valence-electron chi connectivity index (χ2n) is 14.5. The minimum atomic E-state index is -3.85. The van der Waals surface area contributed by atoms with Crippen molar-refractivity contribution in [2.75, 3.05) is 20.3 Å². The van der Waals surface area contributed by atoms with Crippen LogP contribution in [-0.4, -0.2) is 95.1 Å². The van der Waals surface area contributed by atoms with Gasteiger partial charge in [-0.2, -0.15) is 5.10 Å². The number of benzene rings is 1. The highest BCUT2D eigenvalue weighted by atomic mass is 32.2. The fourth-order valence-corrected chi connectivity index (χ4v) is 8.59. The van der Waals surface area contributed by atoms with Crippen LogP contribution in [0.5, 0.6) is 11.5 Å². The van der Waals surface area contributed by atoms with Gasteiger partial charge in [-0.05, 0) is 77.5 Å². The number of hydrogen-bond donors (Lipinski definition) is 2. The Labute approximate surface area is 303 Å². The van der Waals surface area contributed by atoms with Crippen LogP contribution < -0.4 is 19.5 Å². The summed E-state index contributed by atoms with van der Waals surface area (Å²) in [7, 11) is -0.393. The van der Waals surface area contributed by atoms with Gasteiger partial charge in [-0.1, -0.05) is 12.2 Å². The Balaban J connectivity index is 1.21. The molecule has 7 rings (SSSR count). The zero-order valence-corrected chi connectivity index (χ0v) is 31.0. The van der Waals surface area contributed by atoms with Crippen LogP contribution in [0, 0.1) is 19.8 Å². The van der Waals surface area contributed by atoms with E-state index in [2.05, 4.69) is 15.1 Å². The topological polar surface area (TPSA) is 171 Å². The first-order valence-electron chi connectivity index (χ1n) is 17.9. The highest BCUT2D eigenvalue weighted by molar-refractivity contribution is 7.91. The van der Waals surface area contributed by atoms with Gasteiger partial charge in [0.1, 0.15) is 41.0 Å². The van der Waals surface area contributed by atoms with E-state index in [-0.39, 0.29) is 31.2 Å². The van der Waals surface area contributed by atoms with Gasteiger partial charge in [0.2, 0.25) is 15.9 Å². The number of carbonyl (C=O) groups excluding carboxylic acids is 3. The average Bonchev–Trinajstić information content (AvgIpc) is 4.01. The Morgan fingerprint density at radius 2 is 1.90 bits per heavy atom. The third-order valence-electron chi connectivity index (χ3n) is 10.7. The molecular weight excluding hydrogens is 689 g/mol. The fraction of sp³-hybridized carbons (Fsp3) is 0.541. The summed E-state index contributed by atoms with van der Waals surface area (Å²) >= 11 is 0. The van der Waals surface area contributed by atoms with Crippen molar-refractivity contribution >= 4 is 38.6 Å². The Kier molecular flexibility index (Phi) is 9.53. The van der Waals surface area contributed by atoms with Crippen molar-refractivity contribution in [1.29, 1.82) is 0 Å². The van der Waals surface area contributed by atoms with E-state index in [4.69, 9.17) is 19.2 Å². The number of methoxy groups -OCH3 is 1. The molecule has 3 fully saturated rings. The van der Waals surface area contributed by atoms with Crippen LogP contribution in [0.1, 0.15) is 63.1 Å². The molecule has 1 aromatic carbocycles. The highest BCUT2D eigenvalue weighted by Gasteiger charge is 2.62. The summed E-state index contributed by atoms with van der Waals surface area (Å²) in [5.41, 5.74) is 2.24. The SMILES string of the molecule is COc1ccc2c(O[C@@H]3C[C@H]4C(=O)N[C@]5(C(=O)NS(=O)(=O)C6CC6)C[C@H]5/C=C\CCCCO[C@H](C)C(=O)N4C3)cc(-c3cc(C)n(C)n3)nc2c1C. The molecule has 14 nitrogen and oxygen atoms in total. The second-order valence-corrected chi connectivity index (χ2v) is 16.4. The number of nitrogens with one attached hydrogen (secondary N) is 2. The molecule has 1 saturated heterocycles. The predicted molar refractivity (Wildman–Crippen MR) is 192 cm³/mol. The van der Waals surface area contributed by atoms with Gasteiger partial charge in [-0.3, -0.25) is 23.8 Å². The molecular formula is C37H46N6O8S. The first kappa shape index (κ1) is 35.9. The molecule has 0 bridgehead atoms. The zero-order chi connectivity index (χ0) is 36.9. The highest BCUT2D eigenvalue weighted by Crippen LogP contribution is 2.46. The smallest absolute Gasteiger partial charge is 0.259 e. The van der Waals surface area contributed by atoms with E-state index in [1.54, 1.807) is 18.7 Å². The van der Waals surface area contributed by atoms with E-state index < -0.39 is 50.9 Å². The molecule has 2 saturated carbocycles. The lowest BCUT2D eigenvalue weighted by Crippen LogP contribution is -2.57. The van der Waals surface area contributed by atoms with Crippen molar-refractivity contribution in [3.8, 4) is 22.9 Å². The van der Waals surface area contributed by atoms with Crippen LogP contribution in [0.4, 0.5) is 0 Å². The third-order valence-corrected chi connectivity index (χ3v) is 12.5. The molecule has 4 aliphatic rings. The third kappa shape index (κ3) is 6.87. The van der Waals surface area contributed by atoms with Crippen molar-refractivity contribution < 1.29 is 37.0 Å². The second kappa shape index (κ2) is 13.8. The number of ether oxygens (including phenoxy) is 3. The molecule has 278 valence electrons. The maximum absolute atomic E-state index is 14.3. The first-order valence-corrected chi connectivity index (χ1v) is 19.5. The normalized spacial score (nSPS) is 27.5. The van der Waals surface area contributed by atoms with E-state index in [9.17, 15) is 22.8 Å². The minimum absolute atomic E-state index is 0.0835. The molecule has 3 amide bonds. The molecule has 15 heteroatoms. The van der Waals surface area contributed by atoms with Crippen LogP contribution in [0.3, 0.4) is 0 Å². The standard InChI is InChI=1S/C37H46N6O8S/c1-21-16-29(40-42(21)4)28-18-32(27-13-14-31(49-5)22(2)33(27)38-28)51-25-17-30-34(44)39-37(36(46)41-52(47,48)26-11-12-26)19-24(37)10-8-6-7-9-15-50-23(3)35(45)43(30)20-25/h8,10,13-14,16,18,23-26,30H,6-7,9,11-12,15,17,19-20H2,1-5H3,(H,39,44)(H,41,46)/b10-8-/t23-,24-,25-,30+,37-/m1/s1. The lowest BCUT2D eigenvalue weighted by molar-refractivity contribution is -0.147. The van der Waals surface area contributed by atoms with Crippen LogP contribution >= 0.6 is 0 Å². The zero-order valence-electron chi connectivity index (χ0n) is 30.2. The van der Waals surface area contributed by atoms with Crippen LogP contribution in [-0.2, 0) is 36.2 Å². The average molecular weight is 735 g/mol. The number of nitrogens with zero attached hydrogens (tertiary/aromatic N) is 4. The van der Waals surface area contributed by atoms with Crippen molar-refractivity contribution in [1.82, 2.24) is 29.7 Å². The molecule has 52 heavy (non-hydrogen) atoms. The number of hydrogen-bond acceptors (Lipinski definition) is 10. The van der Waals surface area contributed by atoms with Gasteiger partial charge in [0, 0.05) is 48.7 Å². The lowest BCUT2D eigenvalue weighted by Gasteiger charge is -2.28. The number of amides is 3.